The molecule has 0 spiro atoms. The van der Waals surface area contributed by atoms with Gasteiger partial charge in [0.15, 0.2) is 6.10 Å². The molecule has 3 rings (SSSR count). The molecule has 6 nitrogen and oxygen atoms in total. The third kappa shape index (κ3) is 4.16. The van der Waals surface area contributed by atoms with Gasteiger partial charge in [-0.3, -0.25) is 9.10 Å². The van der Waals surface area contributed by atoms with Crippen molar-refractivity contribution in [1.82, 2.24) is 5.32 Å². The van der Waals surface area contributed by atoms with E-state index in [4.69, 9.17) is 4.74 Å². The molecule has 1 aliphatic rings. The van der Waals surface area contributed by atoms with Crippen molar-refractivity contribution in [3.63, 3.8) is 0 Å². The highest BCUT2D eigenvalue weighted by Gasteiger charge is 2.34. The highest BCUT2D eigenvalue weighted by atomic mass is 32.2. The van der Waals surface area contributed by atoms with Crippen molar-refractivity contribution in [2.75, 3.05) is 23.7 Å². The summed E-state index contributed by atoms with van der Waals surface area (Å²) >= 11 is 0. The van der Waals surface area contributed by atoms with E-state index in [-0.39, 0.29) is 12.5 Å². The lowest BCUT2D eigenvalue weighted by Gasteiger charge is -2.34. The molecule has 1 aliphatic heterocycles. The summed E-state index contributed by atoms with van der Waals surface area (Å²) < 4.78 is 31.3. The highest BCUT2D eigenvalue weighted by molar-refractivity contribution is 7.92. The first-order chi connectivity index (χ1) is 12.3. The molecule has 0 saturated carbocycles. The molecule has 0 aromatic heterocycles. The van der Waals surface area contributed by atoms with E-state index in [9.17, 15) is 13.2 Å². The maximum absolute atomic E-state index is 12.5. The van der Waals surface area contributed by atoms with Crippen molar-refractivity contribution in [2.45, 2.75) is 19.4 Å². The number of amides is 1. The lowest BCUT2D eigenvalue weighted by Crippen LogP contribution is -2.50. The van der Waals surface area contributed by atoms with Gasteiger partial charge in [-0.25, -0.2) is 8.42 Å². The number of anilines is 1. The number of hydrogen-bond acceptors (Lipinski definition) is 4. The highest BCUT2D eigenvalue weighted by Crippen LogP contribution is 2.35. The largest absolute Gasteiger partial charge is 0.476 e. The Balaban J connectivity index is 1.70. The van der Waals surface area contributed by atoms with E-state index >= 15 is 0 Å². The number of nitrogens with one attached hydrogen (secondary N) is 1. The summed E-state index contributed by atoms with van der Waals surface area (Å²) in [6.45, 7) is 2.30. The van der Waals surface area contributed by atoms with Crippen LogP contribution in [0.2, 0.25) is 0 Å². The van der Waals surface area contributed by atoms with Gasteiger partial charge in [-0.15, -0.1) is 0 Å². The maximum Gasteiger partial charge on any atom is 0.263 e. The van der Waals surface area contributed by atoms with E-state index in [0.29, 0.717) is 24.4 Å². The number of carbonyl (C=O) groups excluding carboxylic acids is 1. The van der Waals surface area contributed by atoms with Crippen LogP contribution in [0.15, 0.2) is 48.5 Å². The van der Waals surface area contributed by atoms with Crippen molar-refractivity contribution < 1.29 is 17.9 Å². The predicted molar refractivity (Wildman–Crippen MR) is 101 cm³/mol. The fraction of sp³-hybridized carbons (Fsp3) is 0.316. The van der Waals surface area contributed by atoms with Gasteiger partial charge in [0.1, 0.15) is 5.75 Å². The molecule has 7 heteroatoms. The number of benzene rings is 2. The second-order valence-corrected chi connectivity index (χ2v) is 8.31. The molecule has 138 valence electrons. The van der Waals surface area contributed by atoms with E-state index < -0.39 is 16.1 Å². The molecule has 0 fully saturated rings. The predicted octanol–water partition coefficient (Wildman–Crippen LogP) is 1.88. The van der Waals surface area contributed by atoms with Gasteiger partial charge >= 0.3 is 0 Å². The van der Waals surface area contributed by atoms with Crippen LogP contribution in [0, 0.1) is 6.92 Å². The second kappa shape index (κ2) is 7.37. The molecular weight excluding hydrogens is 352 g/mol. The standard InChI is InChI=1S/C19H22N2O4S/c1-14-8-9-17-16(12-14)21(26(2,23)24)13-18(25-17)19(22)20-11-10-15-6-4-3-5-7-15/h3-9,12,18H,10-11,13H2,1-2H3,(H,20,22)/t18-/m1/s1. The van der Waals surface area contributed by atoms with Crippen molar-refractivity contribution in [1.29, 1.82) is 0 Å². The Kier molecular flexibility index (Phi) is 5.18. The van der Waals surface area contributed by atoms with Crippen LogP contribution in [0.3, 0.4) is 0 Å². The van der Waals surface area contributed by atoms with Crippen LogP contribution in [0.4, 0.5) is 5.69 Å². The molecule has 26 heavy (non-hydrogen) atoms. The molecule has 1 N–H and O–H groups in total. The van der Waals surface area contributed by atoms with Gasteiger partial charge in [0.25, 0.3) is 5.91 Å². The number of sulfonamides is 1. The summed E-state index contributed by atoms with van der Waals surface area (Å²) in [4.78, 5) is 12.5. The van der Waals surface area contributed by atoms with E-state index in [1.54, 1.807) is 12.1 Å². The Hall–Kier alpha value is -2.54. The Labute approximate surface area is 153 Å². The third-order valence-corrected chi connectivity index (χ3v) is 5.38. The lowest BCUT2D eigenvalue weighted by atomic mass is 10.1. The topological polar surface area (TPSA) is 75.7 Å². The number of aryl methyl sites for hydroxylation is 1. The summed E-state index contributed by atoms with van der Waals surface area (Å²) in [5.41, 5.74) is 2.52. The van der Waals surface area contributed by atoms with Crippen molar-refractivity contribution in [3.8, 4) is 5.75 Å². The monoisotopic (exact) mass is 374 g/mol. The Morgan fingerprint density at radius 3 is 2.65 bits per heavy atom. The van der Waals surface area contributed by atoms with Gasteiger partial charge < -0.3 is 10.1 Å². The molecule has 0 unspecified atom stereocenters. The molecule has 0 saturated heterocycles. The van der Waals surface area contributed by atoms with Crippen LogP contribution in [0.1, 0.15) is 11.1 Å². The second-order valence-electron chi connectivity index (χ2n) is 6.40. The Morgan fingerprint density at radius 1 is 1.23 bits per heavy atom. The minimum Gasteiger partial charge on any atom is -0.476 e. The average Bonchev–Trinajstić information content (AvgIpc) is 2.60. The zero-order valence-corrected chi connectivity index (χ0v) is 15.6. The summed E-state index contributed by atoms with van der Waals surface area (Å²) in [5.74, 6) is 0.0799. The first-order valence-electron chi connectivity index (χ1n) is 8.41. The smallest absolute Gasteiger partial charge is 0.263 e. The summed E-state index contributed by atoms with van der Waals surface area (Å²) in [5, 5.41) is 2.83. The van der Waals surface area contributed by atoms with Crippen molar-refractivity contribution in [2.24, 2.45) is 0 Å². The lowest BCUT2D eigenvalue weighted by molar-refractivity contribution is -0.127. The fourth-order valence-corrected chi connectivity index (χ4v) is 3.81. The van der Waals surface area contributed by atoms with Crippen LogP contribution >= 0.6 is 0 Å². The molecule has 2 aromatic carbocycles. The van der Waals surface area contributed by atoms with E-state index in [1.165, 1.54) is 4.31 Å². The van der Waals surface area contributed by atoms with E-state index in [2.05, 4.69) is 5.32 Å². The molecule has 1 atom stereocenters. The summed E-state index contributed by atoms with van der Waals surface area (Å²) in [7, 11) is -3.51. The number of rotatable bonds is 5. The molecule has 2 aromatic rings. The van der Waals surface area contributed by atoms with Crippen LogP contribution in [-0.2, 0) is 21.2 Å². The quantitative estimate of drug-likeness (QED) is 0.867. The van der Waals surface area contributed by atoms with Crippen molar-refractivity contribution in [3.05, 3.63) is 59.7 Å². The van der Waals surface area contributed by atoms with Crippen LogP contribution < -0.4 is 14.4 Å². The van der Waals surface area contributed by atoms with Crippen LogP contribution in [0.5, 0.6) is 5.75 Å². The number of hydrogen-bond donors (Lipinski definition) is 1. The van der Waals surface area contributed by atoms with E-state index in [0.717, 1.165) is 17.4 Å². The van der Waals surface area contributed by atoms with Gasteiger partial charge in [0.2, 0.25) is 10.0 Å². The molecule has 0 aliphatic carbocycles. The molecular formula is C19H22N2O4S. The first-order valence-corrected chi connectivity index (χ1v) is 10.3. The SMILES string of the molecule is Cc1ccc2c(c1)N(S(C)(=O)=O)C[C@H](C(=O)NCCc1ccccc1)O2. The Bertz CT molecular complexity index is 897. The van der Waals surface area contributed by atoms with Gasteiger partial charge in [-0.2, -0.15) is 0 Å². The zero-order valence-electron chi connectivity index (χ0n) is 14.8. The molecule has 0 bridgehead atoms. The van der Waals surface area contributed by atoms with Gasteiger partial charge in [-0.05, 0) is 36.6 Å². The number of fused-ring (bicyclic) bond motifs is 1. The normalized spacial score (nSPS) is 16.5. The van der Waals surface area contributed by atoms with Gasteiger partial charge in [0.05, 0.1) is 18.5 Å². The summed E-state index contributed by atoms with van der Waals surface area (Å²) in [6.07, 6.45) is 0.954. The van der Waals surface area contributed by atoms with Gasteiger partial charge in [0, 0.05) is 6.54 Å². The maximum atomic E-state index is 12.5. The molecule has 1 heterocycles. The third-order valence-electron chi connectivity index (χ3n) is 4.23. The van der Waals surface area contributed by atoms with Crippen molar-refractivity contribution >= 4 is 21.6 Å². The van der Waals surface area contributed by atoms with Gasteiger partial charge in [-0.1, -0.05) is 36.4 Å². The van der Waals surface area contributed by atoms with Crippen LogP contribution in [-0.4, -0.2) is 39.8 Å². The fourth-order valence-electron chi connectivity index (χ4n) is 2.90. The number of nitrogens with zero attached hydrogens (tertiary/aromatic N) is 1. The number of carbonyl (C=O) groups is 1. The minimum absolute atomic E-state index is 0.0353. The summed E-state index contributed by atoms with van der Waals surface area (Å²) in [6, 6.07) is 15.1. The number of ether oxygens (including phenoxy) is 1. The van der Waals surface area contributed by atoms with E-state index in [1.807, 2.05) is 43.3 Å². The first kappa shape index (κ1) is 18.3. The average molecular weight is 374 g/mol. The molecule has 1 amide bonds. The Morgan fingerprint density at radius 2 is 1.96 bits per heavy atom. The zero-order chi connectivity index (χ0) is 18.7. The van der Waals surface area contributed by atoms with Crippen LogP contribution in [0.25, 0.3) is 0 Å². The molecule has 0 radical (unpaired) electrons. The minimum atomic E-state index is -3.51.